The van der Waals surface area contributed by atoms with Gasteiger partial charge in [-0.15, -0.1) is 0 Å². The molecule has 1 aromatic carbocycles. The van der Waals surface area contributed by atoms with Crippen LogP contribution in [0.15, 0.2) is 18.2 Å². The highest BCUT2D eigenvalue weighted by Crippen LogP contribution is 2.36. The molecule has 1 aromatic rings. The monoisotopic (exact) mass is 414 g/mol. The Morgan fingerprint density at radius 2 is 1.80 bits per heavy atom. The lowest BCUT2D eigenvalue weighted by Crippen LogP contribution is -2.48. The second-order valence-electron chi connectivity index (χ2n) is 8.77. The lowest BCUT2D eigenvalue weighted by atomic mass is 9.96. The van der Waals surface area contributed by atoms with Gasteiger partial charge < -0.3 is 25.2 Å². The van der Waals surface area contributed by atoms with E-state index < -0.39 is 6.10 Å². The first-order valence-corrected chi connectivity index (χ1v) is 11.5. The van der Waals surface area contributed by atoms with Gasteiger partial charge in [-0.05, 0) is 63.9 Å². The molecule has 1 unspecified atom stereocenters. The molecule has 2 heterocycles. The lowest BCUT2D eigenvalue weighted by Gasteiger charge is -2.35. The summed E-state index contributed by atoms with van der Waals surface area (Å²) < 4.78 is 5.81. The molecule has 0 radical (unpaired) electrons. The number of nitrogens with zero attached hydrogens (tertiary/aromatic N) is 2. The molecule has 0 bridgehead atoms. The number of hydrogen-bond donors (Lipinski definition) is 2. The zero-order valence-corrected chi connectivity index (χ0v) is 18.0. The van der Waals surface area contributed by atoms with E-state index >= 15 is 0 Å². The number of anilines is 2. The Hall–Kier alpha value is -2.28. The predicted molar refractivity (Wildman–Crippen MR) is 118 cm³/mol. The van der Waals surface area contributed by atoms with Crippen molar-refractivity contribution < 1.29 is 14.3 Å². The van der Waals surface area contributed by atoms with Crippen molar-refractivity contribution in [2.75, 3.05) is 36.4 Å². The van der Waals surface area contributed by atoms with Gasteiger partial charge in [-0.2, -0.15) is 0 Å². The number of nitrogens with one attached hydrogen (secondary N) is 2. The summed E-state index contributed by atoms with van der Waals surface area (Å²) in [7, 11) is 0. The molecule has 4 rings (SSSR count). The number of hydrogen-bond acceptors (Lipinski definition) is 4. The molecule has 1 saturated heterocycles. The highest BCUT2D eigenvalue weighted by atomic mass is 16.5. The Balaban J connectivity index is 1.43. The van der Waals surface area contributed by atoms with Crippen LogP contribution in [0.2, 0.25) is 0 Å². The van der Waals surface area contributed by atoms with Gasteiger partial charge in [0.1, 0.15) is 5.75 Å². The van der Waals surface area contributed by atoms with Gasteiger partial charge in [-0.25, -0.2) is 4.79 Å². The van der Waals surface area contributed by atoms with Crippen molar-refractivity contribution in [2.45, 2.75) is 70.4 Å². The number of likely N-dealkylation sites (tertiary alicyclic amines) is 1. The minimum absolute atomic E-state index is 0.0247. The molecule has 2 N–H and O–H groups in total. The van der Waals surface area contributed by atoms with Crippen LogP contribution in [-0.2, 0) is 4.79 Å². The Labute approximate surface area is 179 Å². The summed E-state index contributed by atoms with van der Waals surface area (Å²) >= 11 is 0. The quantitative estimate of drug-likeness (QED) is 0.770. The molecule has 1 saturated carbocycles. The van der Waals surface area contributed by atoms with Crippen LogP contribution >= 0.6 is 0 Å². The Morgan fingerprint density at radius 1 is 1.07 bits per heavy atom. The molecular formula is C23H34N4O3. The second kappa shape index (κ2) is 9.69. The highest BCUT2D eigenvalue weighted by Gasteiger charge is 2.32. The van der Waals surface area contributed by atoms with Crippen LogP contribution in [0.1, 0.15) is 58.3 Å². The summed E-state index contributed by atoms with van der Waals surface area (Å²) in [4.78, 5) is 29.5. The van der Waals surface area contributed by atoms with Crippen molar-refractivity contribution in [3.8, 4) is 5.75 Å². The predicted octanol–water partition coefficient (Wildman–Crippen LogP) is 3.74. The van der Waals surface area contributed by atoms with Crippen molar-refractivity contribution in [1.82, 2.24) is 10.2 Å². The molecule has 164 valence electrons. The van der Waals surface area contributed by atoms with Gasteiger partial charge in [-0.3, -0.25) is 4.79 Å². The zero-order valence-electron chi connectivity index (χ0n) is 18.0. The van der Waals surface area contributed by atoms with E-state index in [2.05, 4.69) is 15.5 Å². The van der Waals surface area contributed by atoms with Gasteiger partial charge in [0.2, 0.25) is 0 Å². The minimum Gasteiger partial charge on any atom is -0.479 e. The third kappa shape index (κ3) is 5.06. The molecule has 7 heteroatoms. The smallest absolute Gasteiger partial charge is 0.319 e. The highest BCUT2D eigenvalue weighted by molar-refractivity contribution is 6.01. The van der Waals surface area contributed by atoms with Crippen LogP contribution < -0.4 is 20.3 Å². The van der Waals surface area contributed by atoms with Crippen molar-refractivity contribution >= 4 is 23.3 Å². The average molecular weight is 415 g/mol. The molecule has 30 heavy (non-hydrogen) atoms. The first-order valence-electron chi connectivity index (χ1n) is 11.5. The van der Waals surface area contributed by atoms with Crippen molar-refractivity contribution in [2.24, 2.45) is 0 Å². The fourth-order valence-corrected chi connectivity index (χ4v) is 4.74. The standard InChI is InChI=1S/C23H34N4O3/c1-17-22(28)27(15-14-26-12-6-3-7-13-26)20-16-19(10-11-21(20)30-17)25-23(29)24-18-8-4-2-5-9-18/h10-11,16-18H,2-9,12-15H2,1H3,(H2,24,25,29). The fraction of sp³-hybridized carbons (Fsp3) is 0.652. The zero-order chi connectivity index (χ0) is 20.9. The van der Waals surface area contributed by atoms with Gasteiger partial charge in [0, 0.05) is 24.8 Å². The maximum atomic E-state index is 12.8. The number of amides is 3. The molecule has 0 aromatic heterocycles. The molecule has 3 aliphatic rings. The number of urea groups is 1. The molecule has 3 amide bonds. The Kier molecular flexibility index (Phi) is 6.77. The van der Waals surface area contributed by atoms with Crippen molar-refractivity contribution in [3.05, 3.63) is 18.2 Å². The van der Waals surface area contributed by atoms with Gasteiger partial charge in [0.05, 0.1) is 5.69 Å². The number of fused-ring (bicyclic) bond motifs is 1. The third-order valence-electron chi connectivity index (χ3n) is 6.45. The summed E-state index contributed by atoms with van der Waals surface area (Å²) in [6, 6.07) is 5.62. The van der Waals surface area contributed by atoms with Gasteiger partial charge in [0.25, 0.3) is 5.91 Å². The van der Waals surface area contributed by atoms with Crippen molar-refractivity contribution in [3.63, 3.8) is 0 Å². The molecular weight excluding hydrogens is 380 g/mol. The van der Waals surface area contributed by atoms with E-state index in [9.17, 15) is 9.59 Å². The Morgan fingerprint density at radius 3 is 2.57 bits per heavy atom. The first-order chi connectivity index (χ1) is 14.6. The molecule has 7 nitrogen and oxygen atoms in total. The van der Waals surface area contributed by atoms with Crippen LogP contribution in [0.4, 0.5) is 16.2 Å². The fourth-order valence-electron chi connectivity index (χ4n) is 4.74. The summed E-state index contributed by atoms with van der Waals surface area (Å²) in [6.07, 6.45) is 8.95. The number of ether oxygens (including phenoxy) is 1. The number of rotatable bonds is 5. The second-order valence-corrected chi connectivity index (χ2v) is 8.77. The van der Waals surface area contributed by atoms with E-state index in [-0.39, 0.29) is 18.0 Å². The number of carbonyl (C=O) groups excluding carboxylic acids is 2. The van der Waals surface area contributed by atoms with Crippen LogP contribution in [0, 0.1) is 0 Å². The number of carbonyl (C=O) groups is 2. The SMILES string of the molecule is CC1Oc2ccc(NC(=O)NC3CCCCC3)cc2N(CCN2CCCCC2)C1=O. The maximum Gasteiger partial charge on any atom is 0.319 e. The van der Waals surface area contributed by atoms with Crippen LogP contribution in [-0.4, -0.2) is 55.2 Å². The van der Waals surface area contributed by atoms with E-state index in [1.165, 1.54) is 38.5 Å². The molecule has 0 spiro atoms. The Bertz CT molecular complexity index is 757. The van der Waals surface area contributed by atoms with Crippen LogP contribution in [0.3, 0.4) is 0 Å². The molecule has 2 aliphatic heterocycles. The third-order valence-corrected chi connectivity index (χ3v) is 6.45. The van der Waals surface area contributed by atoms with E-state index in [1.807, 2.05) is 23.1 Å². The van der Waals surface area contributed by atoms with E-state index in [0.717, 1.165) is 38.2 Å². The number of piperidine rings is 1. The molecule has 1 aliphatic carbocycles. The maximum absolute atomic E-state index is 12.8. The van der Waals surface area contributed by atoms with Crippen LogP contribution in [0.25, 0.3) is 0 Å². The first kappa shape index (κ1) is 21.0. The summed E-state index contributed by atoms with van der Waals surface area (Å²) in [5, 5.41) is 6.01. The normalized spacial score (nSPS) is 22.9. The topological polar surface area (TPSA) is 73.9 Å². The average Bonchev–Trinajstić information content (AvgIpc) is 2.76. The van der Waals surface area contributed by atoms with Crippen molar-refractivity contribution in [1.29, 1.82) is 0 Å². The van der Waals surface area contributed by atoms with E-state index in [4.69, 9.17) is 4.74 Å². The summed E-state index contributed by atoms with van der Waals surface area (Å²) in [6.45, 7) is 5.49. The van der Waals surface area contributed by atoms with E-state index in [1.54, 1.807) is 6.92 Å². The summed E-state index contributed by atoms with van der Waals surface area (Å²) in [5.41, 5.74) is 1.42. The lowest BCUT2D eigenvalue weighted by molar-refractivity contribution is -0.125. The molecule has 2 fully saturated rings. The minimum atomic E-state index is -0.493. The summed E-state index contributed by atoms with van der Waals surface area (Å²) in [5.74, 6) is 0.669. The van der Waals surface area contributed by atoms with Crippen LogP contribution in [0.5, 0.6) is 5.75 Å². The number of benzene rings is 1. The molecule has 1 atom stereocenters. The van der Waals surface area contributed by atoms with Gasteiger partial charge >= 0.3 is 6.03 Å². The van der Waals surface area contributed by atoms with E-state index in [0.29, 0.717) is 18.0 Å². The largest absolute Gasteiger partial charge is 0.479 e. The van der Waals surface area contributed by atoms with Gasteiger partial charge in [-0.1, -0.05) is 25.7 Å². The van der Waals surface area contributed by atoms with Gasteiger partial charge in [0.15, 0.2) is 6.10 Å².